The van der Waals surface area contributed by atoms with Crippen LogP contribution in [0.25, 0.3) is 0 Å². The first kappa shape index (κ1) is 13.4. The molecular weight excluding hydrogens is 210 g/mol. The minimum atomic E-state index is -0.168. The van der Waals surface area contributed by atoms with Crippen LogP contribution in [-0.2, 0) is 0 Å². The van der Waals surface area contributed by atoms with Crippen LogP contribution in [-0.4, -0.2) is 34.7 Å². The molecule has 17 heavy (non-hydrogen) atoms. The van der Waals surface area contributed by atoms with Crippen molar-refractivity contribution in [2.75, 3.05) is 6.54 Å². The Morgan fingerprint density at radius 3 is 1.65 bits per heavy atom. The molecule has 2 rings (SSSR count). The van der Waals surface area contributed by atoms with Gasteiger partial charge in [-0.25, -0.2) is 0 Å². The Morgan fingerprint density at radius 2 is 1.29 bits per heavy atom. The summed E-state index contributed by atoms with van der Waals surface area (Å²) in [5, 5.41) is 9.74. The van der Waals surface area contributed by atoms with Crippen molar-refractivity contribution in [1.29, 1.82) is 0 Å². The molecule has 0 aliphatic heterocycles. The number of hydrogen-bond acceptors (Lipinski definition) is 2. The maximum absolute atomic E-state index is 9.74. The lowest BCUT2D eigenvalue weighted by Crippen LogP contribution is -2.48. The van der Waals surface area contributed by atoms with Crippen LogP contribution in [0, 0.1) is 0 Å². The van der Waals surface area contributed by atoms with Crippen LogP contribution in [0.4, 0.5) is 0 Å². The zero-order chi connectivity index (χ0) is 12.1. The van der Waals surface area contributed by atoms with Crippen molar-refractivity contribution in [3.63, 3.8) is 0 Å². The highest BCUT2D eigenvalue weighted by Crippen LogP contribution is 2.30. The Bertz CT molecular complexity index is 187. The largest absolute Gasteiger partial charge is 0.392 e. The van der Waals surface area contributed by atoms with Crippen LogP contribution in [0.2, 0.25) is 0 Å². The summed E-state index contributed by atoms with van der Waals surface area (Å²) in [6, 6.07) is 1.53. The van der Waals surface area contributed by atoms with E-state index in [1.54, 1.807) is 0 Å². The molecule has 2 aliphatic rings. The summed E-state index contributed by atoms with van der Waals surface area (Å²) in [5.74, 6) is 0. The lowest BCUT2D eigenvalue weighted by Gasteiger charge is -2.42. The fraction of sp³-hybridized carbons (Fsp3) is 1.00. The molecule has 2 aliphatic carbocycles. The van der Waals surface area contributed by atoms with Crippen molar-refractivity contribution in [2.45, 2.75) is 89.3 Å². The van der Waals surface area contributed by atoms with Gasteiger partial charge in [0.2, 0.25) is 0 Å². The third-order valence-corrected chi connectivity index (χ3v) is 4.56. The minimum absolute atomic E-state index is 0.168. The second-order valence-electron chi connectivity index (χ2n) is 6.13. The van der Waals surface area contributed by atoms with Gasteiger partial charge in [0.15, 0.2) is 0 Å². The van der Waals surface area contributed by atoms with Crippen LogP contribution in [0.15, 0.2) is 0 Å². The molecule has 0 radical (unpaired) electrons. The van der Waals surface area contributed by atoms with Crippen LogP contribution in [0.5, 0.6) is 0 Å². The smallest absolute Gasteiger partial charge is 0.0639 e. The van der Waals surface area contributed by atoms with Gasteiger partial charge in [-0.1, -0.05) is 38.5 Å². The van der Waals surface area contributed by atoms with Crippen LogP contribution < -0.4 is 0 Å². The lowest BCUT2D eigenvalue weighted by atomic mass is 9.88. The number of aliphatic hydroxyl groups is 1. The van der Waals surface area contributed by atoms with E-state index in [-0.39, 0.29) is 6.10 Å². The number of aliphatic hydroxyl groups excluding tert-OH is 1. The Hall–Kier alpha value is -0.0800. The zero-order valence-corrected chi connectivity index (χ0v) is 11.4. The molecule has 1 atom stereocenters. The Balaban J connectivity index is 1.95. The average Bonchev–Trinajstić information content (AvgIpc) is 2.38. The number of rotatable bonds is 4. The van der Waals surface area contributed by atoms with Crippen LogP contribution in [0.3, 0.4) is 0 Å². The molecule has 0 saturated heterocycles. The summed E-state index contributed by atoms with van der Waals surface area (Å²) in [5.41, 5.74) is 0. The number of nitrogens with zero attached hydrogens (tertiary/aromatic N) is 1. The molecule has 2 nitrogen and oxygen atoms in total. The van der Waals surface area contributed by atoms with E-state index in [1.807, 2.05) is 6.92 Å². The van der Waals surface area contributed by atoms with E-state index in [2.05, 4.69) is 4.90 Å². The van der Waals surface area contributed by atoms with Crippen molar-refractivity contribution >= 4 is 0 Å². The summed E-state index contributed by atoms with van der Waals surface area (Å²) >= 11 is 0. The molecule has 1 unspecified atom stereocenters. The van der Waals surface area contributed by atoms with Crippen molar-refractivity contribution in [3.8, 4) is 0 Å². The van der Waals surface area contributed by atoms with E-state index in [4.69, 9.17) is 0 Å². The summed E-state index contributed by atoms with van der Waals surface area (Å²) in [4.78, 5) is 2.67. The van der Waals surface area contributed by atoms with Crippen molar-refractivity contribution in [3.05, 3.63) is 0 Å². The maximum atomic E-state index is 9.74. The highest BCUT2D eigenvalue weighted by atomic mass is 16.3. The Kier molecular flexibility index (Phi) is 5.30. The zero-order valence-electron chi connectivity index (χ0n) is 11.4. The Labute approximate surface area is 106 Å². The van der Waals surface area contributed by atoms with E-state index in [0.717, 1.165) is 18.6 Å². The lowest BCUT2D eigenvalue weighted by molar-refractivity contribution is 0.0355. The average molecular weight is 239 g/mol. The molecule has 100 valence electrons. The van der Waals surface area contributed by atoms with Gasteiger partial charge in [-0.3, -0.25) is 4.90 Å². The molecule has 0 aromatic rings. The number of hydrogen-bond donors (Lipinski definition) is 1. The van der Waals surface area contributed by atoms with Gasteiger partial charge in [0.1, 0.15) is 0 Å². The third-order valence-electron chi connectivity index (χ3n) is 4.56. The second-order valence-corrected chi connectivity index (χ2v) is 6.13. The maximum Gasteiger partial charge on any atom is 0.0639 e. The second kappa shape index (κ2) is 6.75. The SMILES string of the molecule is CC(O)CN(C1CCCCC1)C1CCCCC1. The normalized spacial score (nSPS) is 26.3. The fourth-order valence-electron chi connectivity index (χ4n) is 3.73. The molecule has 0 amide bonds. The molecule has 2 saturated carbocycles. The van der Waals surface area contributed by atoms with Crippen LogP contribution in [0.1, 0.15) is 71.1 Å². The van der Waals surface area contributed by atoms with Gasteiger partial charge < -0.3 is 5.11 Å². The van der Waals surface area contributed by atoms with Crippen molar-refractivity contribution in [1.82, 2.24) is 4.90 Å². The van der Waals surface area contributed by atoms with Gasteiger partial charge >= 0.3 is 0 Å². The van der Waals surface area contributed by atoms with Crippen LogP contribution >= 0.6 is 0 Å². The standard InChI is InChI=1S/C15H29NO/c1-13(17)12-16(14-8-4-2-5-9-14)15-10-6-3-7-11-15/h13-15,17H,2-12H2,1H3. The molecule has 0 heterocycles. The van der Waals surface area contributed by atoms with Crippen molar-refractivity contribution < 1.29 is 5.11 Å². The predicted octanol–water partition coefficient (Wildman–Crippen LogP) is 3.33. The quantitative estimate of drug-likeness (QED) is 0.813. The third kappa shape index (κ3) is 3.96. The van der Waals surface area contributed by atoms with Gasteiger partial charge in [0.25, 0.3) is 0 Å². The molecule has 0 aromatic carbocycles. The van der Waals surface area contributed by atoms with E-state index in [1.165, 1.54) is 64.2 Å². The van der Waals surface area contributed by atoms with E-state index < -0.39 is 0 Å². The van der Waals surface area contributed by atoms with Gasteiger partial charge in [0, 0.05) is 18.6 Å². The van der Waals surface area contributed by atoms with Crippen molar-refractivity contribution in [2.24, 2.45) is 0 Å². The molecular formula is C15H29NO. The van der Waals surface area contributed by atoms with E-state index in [9.17, 15) is 5.11 Å². The summed E-state index contributed by atoms with van der Waals surface area (Å²) in [6.07, 6.45) is 13.7. The molecule has 2 fully saturated rings. The fourth-order valence-corrected chi connectivity index (χ4v) is 3.73. The summed E-state index contributed by atoms with van der Waals surface area (Å²) < 4.78 is 0. The molecule has 1 N–H and O–H groups in total. The van der Waals surface area contributed by atoms with E-state index >= 15 is 0 Å². The predicted molar refractivity (Wildman–Crippen MR) is 72.1 cm³/mol. The monoisotopic (exact) mass is 239 g/mol. The molecule has 0 bridgehead atoms. The van der Waals surface area contributed by atoms with Gasteiger partial charge in [-0.2, -0.15) is 0 Å². The van der Waals surface area contributed by atoms with Gasteiger partial charge in [0.05, 0.1) is 6.10 Å². The highest BCUT2D eigenvalue weighted by Gasteiger charge is 2.29. The minimum Gasteiger partial charge on any atom is -0.392 e. The first-order valence-electron chi connectivity index (χ1n) is 7.71. The first-order valence-corrected chi connectivity index (χ1v) is 7.71. The Morgan fingerprint density at radius 1 is 0.882 bits per heavy atom. The molecule has 0 aromatic heterocycles. The van der Waals surface area contributed by atoms with E-state index in [0.29, 0.717) is 0 Å². The molecule has 2 heteroatoms. The first-order chi connectivity index (χ1) is 8.27. The van der Waals surface area contributed by atoms with Gasteiger partial charge in [-0.05, 0) is 32.6 Å². The topological polar surface area (TPSA) is 23.5 Å². The summed E-state index contributed by atoms with van der Waals surface area (Å²) in [7, 11) is 0. The van der Waals surface area contributed by atoms with Gasteiger partial charge in [-0.15, -0.1) is 0 Å². The highest BCUT2D eigenvalue weighted by molar-refractivity contribution is 4.84. The summed E-state index contributed by atoms with van der Waals surface area (Å²) in [6.45, 7) is 2.84. The molecule has 0 spiro atoms.